The Morgan fingerprint density at radius 1 is 1.09 bits per heavy atom. The van der Waals surface area contributed by atoms with Gasteiger partial charge in [0.15, 0.2) is 0 Å². The number of benzene rings is 1. The number of piperidine rings is 1. The molecule has 0 N–H and O–H groups in total. The highest BCUT2D eigenvalue weighted by Crippen LogP contribution is 2.30. The van der Waals surface area contributed by atoms with Crippen LogP contribution in [0.15, 0.2) is 18.2 Å². The zero-order valence-electron chi connectivity index (χ0n) is 20.3. The number of aryl methyl sites for hydroxylation is 1. The zero-order valence-corrected chi connectivity index (χ0v) is 20.3. The van der Waals surface area contributed by atoms with E-state index in [0.717, 1.165) is 87.2 Å². The van der Waals surface area contributed by atoms with Gasteiger partial charge in [0.1, 0.15) is 11.8 Å². The molecular weight excluding hydrogens is 430 g/mol. The van der Waals surface area contributed by atoms with E-state index in [9.17, 15) is 9.59 Å². The number of ether oxygens (including phenoxy) is 1. The normalized spacial score (nSPS) is 21.6. The van der Waals surface area contributed by atoms with Crippen molar-refractivity contribution in [3.8, 4) is 5.75 Å². The number of rotatable bonds is 6. The molecule has 3 aliphatic rings. The number of fused-ring (bicyclic) bond motifs is 1. The second kappa shape index (κ2) is 9.76. The van der Waals surface area contributed by atoms with E-state index in [1.54, 1.807) is 0 Å². The smallest absolute Gasteiger partial charge is 0.245 e. The molecule has 2 aromatic rings. The topological polar surface area (TPSA) is 78.9 Å². The van der Waals surface area contributed by atoms with Gasteiger partial charge < -0.3 is 19.4 Å². The minimum Gasteiger partial charge on any atom is -0.494 e. The van der Waals surface area contributed by atoms with E-state index in [4.69, 9.17) is 14.7 Å². The van der Waals surface area contributed by atoms with Crippen molar-refractivity contribution in [1.29, 1.82) is 0 Å². The number of nitrogens with zero attached hydrogens (tertiary/aromatic N) is 5. The van der Waals surface area contributed by atoms with E-state index < -0.39 is 0 Å². The lowest BCUT2D eigenvalue weighted by Crippen LogP contribution is -2.49. The van der Waals surface area contributed by atoms with Crippen molar-refractivity contribution in [2.24, 2.45) is 5.92 Å². The van der Waals surface area contributed by atoms with E-state index in [-0.39, 0.29) is 11.9 Å². The van der Waals surface area contributed by atoms with Gasteiger partial charge in [-0.1, -0.05) is 0 Å². The molecule has 5 rings (SSSR count). The van der Waals surface area contributed by atoms with E-state index in [2.05, 4.69) is 4.90 Å². The molecule has 0 bridgehead atoms. The summed E-state index contributed by atoms with van der Waals surface area (Å²) in [6.07, 6.45) is 5.42. The van der Waals surface area contributed by atoms with Crippen molar-refractivity contribution >= 4 is 28.7 Å². The van der Waals surface area contributed by atoms with Crippen LogP contribution >= 0.6 is 0 Å². The molecular formula is C26H35N5O3. The van der Waals surface area contributed by atoms with Gasteiger partial charge in [-0.2, -0.15) is 0 Å². The first-order chi connectivity index (χ1) is 16.5. The SMILES string of the molecule is CCOc1ccc2nc(N3CCC[C@H]3C(=O)N3CCC(CN4CCCC4=O)CC3)nc(C)c2c1. The Morgan fingerprint density at radius 2 is 1.91 bits per heavy atom. The molecule has 3 saturated heterocycles. The molecule has 3 aliphatic heterocycles. The highest BCUT2D eigenvalue weighted by molar-refractivity contribution is 5.87. The molecule has 0 unspecified atom stereocenters. The van der Waals surface area contributed by atoms with Gasteiger partial charge in [-0.15, -0.1) is 0 Å². The average Bonchev–Trinajstić information content (AvgIpc) is 3.49. The fraction of sp³-hybridized carbons (Fsp3) is 0.615. The molecule has 4 heterocycles. The van der Waals surface area contributed by atoms with Crippen molar-refractivity contribution in [3.05, 3.63) is 23.9 Å². The third-order valence-corrected chi connectivity index (χ3v) is 7.53. The first-order valence-electron chi connectivity index (χ1n) is 12.8. The van der Waals surface area contributed by atoms with Gasteiger partial charge in [-0.25, -0.2) is 9.97 Å². The van der Waals surface area contributed by atoms with Crippen molar-refractivity contribution < 1.29 is 14.3 Å². The largest absolute Gasteiger partial charge is 0.494 e. The molecule has 1 atom stereocenters. The van der Waals surface area contributed by atoms with Crippen LogP contribution < -0.4 is 9.64 Å². The molecule has 0 saturated carbocycles. The minimum atomic E-state index is -0.198. The lowest BCUT2D eigenvalue weighted by atomic mass is 9.95. The van der Waals surface area contributed by atoms with Crippen molar-refractivity contribution in [1.82, 2.24) is 19.8 Å². The molecule has 8 nitrogen and oxygen atoms in total. The number of hydrogen-bond donors (Lipinski definition) is 0. The van der Waals surface area contributed by atoms with Crippen LogP contribution in [0.4, 0.5) is 5.95 Å². The molecule has 1 aromatic carbocycles. The summed E-state index contributed by atoms with van der Waals surface area (Å²) in [6.45, 7) is 8.67. The molecule has 0 spiro atoms. The van der Waals surface area contributed by atoms with Gasteiger partial charge in [0, 0.05) is 44.5 Å². The standard InChI is InChI=1S/C26H35N5O3/c1-3-34-20-8-9-22-21(16-20)18(2)27-26(28-22)31-13-4-6-23(31)25(33)29-14-10-19(11-15-29)17-30-12-5-7-24(30)32/h8-9,16,19,23H,3-7,10-15,17H2,1-2H3/t23-/m0/s1. The first kappa shape index (κ1) is 22.9. The minimum absolute atomic E-state index is 0.196. The van der Waals surface area contributed by atoms with E-state index >= 15 is 0 Å². The Hall–Kier alpha value is -2.90. The molecule has 1 aromatic heterocycles. The van der Waals surface area contributed by atoms with Crippen LogP contribution in [0.3, 0.4) is 0 Å². The van der Waals surface area contributed by atoms with Crippen LogP contribution in [0.5, 0.6) is 5.75 Å². The summed E-state index contributed by atoms with van der Waals surface area (Å²) in [4.78, 5) is 41.2. The average molecular weight is 466 g/mol. The molecule has 3 fully saturated rings. The fourth-order valence-electron chi connectivity index (χ4n) is 5.65. The zero-order chi connectivity index (χ0) is 23.7. The van der Waals surface area contributed by atoms with E-state index in [1.165, 1.54) is 0 Å². The highest BCUT2D eigenvalue weighted by Gasteiger charge is 2.37. The van der Waals surface area contributed by atoms with Gasteiger partial charge in [-0.3, -0.25) is 9.59 Å². The van der Waals surface area contributed by atoms with Crippen LogP contribution in [0.25, 0.3) is 10.9 Å². The number of carbonyl (C=O) groups excluding carboxylic acids is 2. The Bertz CT molecular complexity index is 1070. The Kier molecular flexibility index (Phi) is 6.57. The summed E-state index contributed by atoms with van der Waals surface area (Å²) in [6, 6.07) is 5.71. The Labute approximate surface area is 201 Å². The second-order valence-corrected chi connectivity index (χ2v) is 9.78. The van der Waals surface area contributed by atoms with Gasteiger partial charge in [0.2, 0.25) is 17.8 Å². The maximum atomic E-state index is 13.5. The summed E-state index contributed by atoms with van der Waals surface area (Å²) < 4.78 is 5.63. The Morgan fingerprint density at radius 3 is 2.65 bits per heavy atom. The number of anilines is 1. The third kappa shape index (κ3) is 4.55. The second-order valence-electron chi connectivity index (χ2n) is 9.78. The third-order valence-electron chi connectivity index (χ3n) is 7.53. The number of carbonyl (C=O) groups is 2. The molecule has 2 amide bonds. The lowest BCUT2D eigenvalue weighted by molar-refractivity contribution is -0.134. The molecule has 182 valence electrons. The maximum Gasteiger partial charge on any atom is 0.245 e. The first-order valence-corrected chi connectivity index (χ1v) is 12.8. The predicted molar refractivity (Wildman–Crippen MR) is 131 cm³/mol. The van der Waals surface area contributed by atoms with Crippen LogP contribution in [0, 0.1) is 12.8 Å². The summed E-state index contributed by atoms with van der Waals surface area (Å²) in [7, 11) is 0. The number of amides is 2. The summed E-state index contributed by atoms with van der Waals surface area (Å²) in [5.74, 6) is 2.45. The molecule has 0 aliphatic carbocycles. The van der Waals surface area contributed by atoms with Crippen molar-refractivity contribution in [2.45, 2.75) is 58.4 Å². The summed E-state index contributed by atoms with van der Waals surface area (Å²) in [5, 5.41) is 0.982. The summed E-state index contributed by atoms with van der Waals surface area (Å²) in [5.41, 5.74) is 1.78. The lowest BCUT2D eigenvalue weighted by Gasteiger charge is -2.36. The van der Waals surface area contributed by atoms with E-state index in [1.807, 2.05) is 41.8 Å². The van der Waals surface area contributed by atoms with Crippen LogP contribution in [0.1, 0.15) is 51.1 Å². The van der Waals surface area contributed by atoms with Crippen molar-refractivity contribution in [2.75, 3.05) is 44.2 Å². The van der Waals surface area contributed by atoms with Crippen molar-refractivity contribution in [3.63, 3.8) is 0 Å². The summed E-state index contributed by atoms with van der Waals surface area (Å²) >= 11 is 0. The number of aromatic nitrogens is 2. The van der Waals surface area contributed by atoms with Gasteiger partial charge in [0.05, 0.1) is 17.8 Å². The molecule has 0 radical (unpaired) electrons. The quantitative estimate of drug-likeness (QED) is 0.652. The maximum absolute atomic E-state index is 13.5. The number of likely N-dealkylation sites (tertiary alicyclic amines) is 2. The Balaban J connectivity index is 1.26. The van der Waals surface area contributed by atoms with Gasteiger partial charge in [0.25, 0.3) is 0 Å². The van der Waals surface area contributed by atoms with Gasteiger partial charge in [-0.05, 0) is 70.1 Å². The monoisotopic (exact) mass is 465 g/mol. The number of hydrogen-bond acceptors (Lipinski definition) is 6. The molecule has 8 heteroatoms. The van der Waals surface area contributed by atoms with Crippen LogP contribution in [0.2, 0.25) is 0 Å². The predicted octanol–water partition coefficient (Wildman–Crippen LogP) is 3.17. The highest BCUT2D eigenvalue weighted by atomic mass is 16.5. The molecule has 34 heavy (non-hydrogen) atoms. The van der Waals surface area contributed by atoms with E-state index in [0.29, 0.717) is 30.8 Å². The fourth-order valence-corrected chi connectivity index (χ4v) is 5.65. The van der Waals surface area contributed by atoms with Crippen LogP contribution in [-0.2, 0) is 9.59 Å². The van der Waals surface area contributed by atoms with Gasteiger partial charge >= 0.3 is 0 Å². The van der Waals surface area contributed by atoms with Crippen LogP contribution in [-0.4, -0.2) is 77.0 Å².